The molecule has 1 aromatic heterocycles. The summed E-state index contributed by atoms with van der Waals surface area (Å²) in [6.07, 6.45) is 4.06. The molecule has 0 spiro atoms. The first-order valence-corrected chi connectivity index (χ1v) is 10.2. The van der Waals surface area contributed by atoms with Crippen LogP contribution < -0.4 is 15.5 Å². The molecule has 2 aliphatic rings. The van der Waals surface area contributed by atoms with Crippen LogP contribution in [0.2, 0.25) is 0 Å². The predicted molar refractivity (Wildman–Crippen MR) is 117 cm³/mol. The summed E-state index contributed by atoms with van der Waals surface area (Å²) < 4.78 is 14.5. The molecule has 0 aliphatic carbocycles. The lowest BCUT2D eigenvalue weighted by Crippen LogP contribution is -2.32. The third kappa shape index (κ3) is 3.89. The maximum atomic E-state index is 14.5. The van der Waals surface area contributed by atoms with Crippen molar-refractivity contribution < 1.29 is 4.39 Å². The Hall–Kier alpha value is -3.32. The number of anilines is 3. The van der Waals surface area contributed by atoms with Crippen molar-refractivity contribution >= 4 is 23.7 Å². The highest BCUT2D eigenvalue weighted by Crippen LogP contribution is 2.25. The van der Waals surface area contributed by atoms with Gasteiger partial charge in [0.1, 0.15) is 0 Å². The van der Waals surface area contributed by atoms with Crippen LogP contribution in [0.25, 0.3) is 0 Å². The molecule has 1 unspecified atom stereocenters. The molecule has 0 radical (unpaired) electrons. The third-order valence-electron chi connectivity index (χ3n) is 5.52. The second-order valence-electron chi connectivity index (χ2n) is 7.59. The van der Waals surface area contributed by atoms with Gasteiger partial charge >= 0.3 is 0 Å². The number of nitrogens with zero attached hydrogens (tertiary/aromatic N) is 4. The van der Waals surface area contributed by atoms with Gasteiger partial charge in [-0.25, -0.2) is 9.37 Å². The minimum Gasteiger partial charge on any atom is -0.339 e. The molecule has 3 aromatic rings. The molecule has 1 atom stereocenters. The molecule has 2 aliphatic heterocycles. The highest BCUT2D eigenvalue weighted by Gasteiger charge is 2.22. The molecule has 1 saturated heterocycles. The van der Waals surface area contributed by atoms with Gasteiger partial charge in [-0.3, -0.25) is 4.99 Å². The van der Waals surface area contributed by atoms with E-state index < -0.39 is 5.82 Å². The van der Waals surface area contributed by atoms with Crippen LogP contribution in [0.1, 0.15) is 29.2 Å². The summed E-state index contributed by atoms with van der Waals surface area (Å²) in [5.41, 5.74) is 4.24. The van der Waals surface area contributed by atoms with Crippen molar-refractivity contribution in [3.05, 3.63) is 77.2 Å². The van der Waals surface area contributed by atoms with E-state index in [2.05, 4.69) is 42.6 Å². The number of fused-ring (bicyclic) bond motifs is 1. The number of hydrogen-bond donors (Lipinski definition) is 2. The second kappa shape index (κ2) is 8.20. The zero-order valence-electron chi connectivity index (χ0n) is 16.6. The Kier molecular flexibility index (Phi) is 5.11. The molecule has 0 amide bonds. The van der Waals surface area contributed by atoms with Crippen molar-refractivity contribution in [2.24, 2.45) is 4.99 Å². The van der Waals surface area contributed by atoms with Gasteiger partial charge in [-0.1, -0.05) is 36.4 Å². The molecule has 2 aromatic carbocycles. The SMILES string of the molecule is Fc1cnc(N2CCCNC(c3ccccc3)C2)nc1Nc1ccc2c(c1)C=NC2. The summed E-state index contributed by atoms with van der Waals surface area (Å²) in [4.78, 5) is 15.2. The van der Waals surface area contributed by atoms with Gasteiger partial charge in [-0.2, -0.15) is 4.98 Å². The Balaban J connectivity index is 1.39. The first-order chi connectivity index (χ1) is 14.8. The van der Waals surface area contributed by atoms with Crippen molar-refractivity contribution in [2.45, 2.75) is 19.0 Å². The van der Waals surface area contributed by atoms with Gasteiger partial charge in [0.2, 0.25) is 5.95 Å². The van der Waals surface area contributed by atoms with Crippen molar-refractivity contribution in [1.29, 1.82) is 0 Å². The van der Waals surface area contributed by atoms with Gasteiger partial charge in [0.15, 0.2) is 11.6 Å². The number of rotatable bonds is 4. The van der Waals surface area contributed by atoms with Gasteiger partial charge in [0.05, 0.1) is 12.7 Å². The van der Waals surface area contributed by atoms with Gasteiger partial charge < -0.3 is 15.5 Å². The van der Waals surface area contributed by atoms with Gasteiger partial charge in [-0.05, 0) is 41.8 Å². The molecule has 0 saturated carbocycles. The lowest BCUT2D eigenvalue weighted by atomic mass is 10.1. The van der Waals surface area contributed by atoms with E-state index in [9.17, 15) is 4.39 Å². The van der Waals surface area contributed by atoms with Crippen LogP contribution in [0.3, 0.4) is 0 Å². The summed E-state index contributed by atoms with van der Waals surface area (Å²) in [7, 11) is 0. The lowest BCUT2D eigenvalue weighted by Gasteiger charge is -2.25. The zero-order valence-corrected chi connectivity index (χ0v) is 16.6. The highest BCUT2D eigenvalue weighted by atomic mass is 19.1. The van der Waals surface area contributed by atoms with Crippen LogP contribution in [-0.2, 0) is 6.54 Å². The van der Waals surface area contributed by atoms with E-state index in [1.54, 1.807) is 0 Å². The maximum Gasteiger partial charge on any atom is 0.227 e. The van der Waals surface area contributed by atoms with E-state index in [0.29, 0.717) is 12.5 Å². The topological polar surface area (TPSA) is 65.4 Å². The molecule has 152 valence electrons. The number of aromatic nitrogens is 2. The van der Waals surface area contributed by atoms with Crippen molar-refractivity contribution in [1.82, 2.24) is 15.3 Å². The number of hydrogen-bond acceptors (Lipinski definition) is 6. The van der Waals surface area contributed by atoms with E-state index in [1.807, 2.05) is 42.6 Å². The molecular weight excluding hydrogens is 379 g/mol. The lowest BCUT2D eigenvalue weighted by molar-refractivity contribution is 0.566. The van der Waals surface area contributed by atoms with E-state index in [0.717, 1.165) is 37.3 Å². The number of aliphatic imine (C=N–C) groups is 1. The summed E-state index contributed by atoms with van der Waals surface area (Å²) in [6, 6.07) is 16.4. The van der Waals surface area contributed by atoms with Gasteiger partial charge in [-0.15, -0.1) is 0 Å². The average molecular weight is 402 g/mol. The molecule has 7 heteroatoms. The third-order valence-corrected chi connectivity index (χ3v) is 5.52. The van der Waals surface area contributed by atoms with Crippen LogP contribution in [0.5, 0.6) is 0 Å². The summed E-state index contributed by atoms with van der Waals surface area (Å²) in [6.45, 7) is 3.16. The van der Waals surface area contributed by atoms with Crippen molar-refractivity contribution in [3.63, 3.8) is 0 Å². The highest BCUT2D eigenvalue weighted by molar-refractivity contribution is 5.86. The van der Waals surface area contributed by atoms with Crippen LogP contribution in [0, 0.1) is 5.82 Å². The van der Waals surface area contributed by atoms with E-state index in [-0.39, 0.29) is 11.9 Å². The van der Waals surface area contributed by atoms with Crippen LogP contribution in [0.4, 0.5) is 21.8 Å². The molecule has 5 rings (SSSR count). The van der Waals surface area contributed by atoms with Crippen molar-refractivity contribution in [3.8, 4) is 0 Å². The van der Waals surface area contributed by atoms with Crippen molar-refractivity contribution in [2.75, 3.05) is 29.9 Å². The number of halogens is 1. The Morgan fingerprint density at radius 1 is 1.13 bits per heavy atom. The largest absolute Gasteiger partial charge is 0.339 e. The maximum absolute atomic E-state index is 14.5. The summed E-state index contributed by atoms with van der Waals surface area (Å²) >= 11 is 0. The number of benzene rings is 2. The Labute approximate surface area is 174 Å². The molecule has 1 fully saturated rings. The average Bonchev–Trinajstić information content (AvgIpc) is 3.10. The fourth-order valence-corrected chi connectivity index (χ4v) is 3.93. The Morgan fingerprint density at radius 3 is 2.93 bits per heavy atom. The smallest absolute Gasteiger partial charge is 0.227 e. The Morgan fingerprint density at radius 2 is 2.03 bits per heavy atom. The quantitative estimate of drug-likeness (QED) is 0.694. The van der Waals surface area contributed by atoms with Gasteiger partial charge in [0, 0.05) is 31.0 Å². The first kappa shape index (κ1) is 18.7. The fraction of sp³-hybridized carbons (Fsp3) is 0.261. The molecule has 3 heterocycles. The summed E-state index contributed by atoms with van der Waals surface area (Å²) in [5, 5.41) is 6.70. The normalized spacial score (nSPS) is 18.2. The Bertz CT molecular complexity index is 1070. The van der Waals surface area contributed by atoms with Gasteiger partial charge in [0.25, 0.3) is 0 Å². The van der Waals surface area contributed by atoms with E-state index in [1.165, 1.54) is 17.3 Å². The first-order valence-electron chi connectivity index (χ1n) is 10.2. The van der Waals surface area contributed by atoms with Crippen LogP contribution in [0.15, 0.2) is 59.7 Å². The standard InChI is InChI=1S/C23H23FN6/c24-20-14-27-23(29-22(20)28-19-8-7-17-12-25-13-18(17)11-19)30-10-4-9-26-21(15-30)16-5-2-1-3-6-16/h1-3,5-8,11,13-14,21,26H,4,9-10,12,15H2,(H,27,28,29). The zero-order chi connectivity index (χ0) is 20.3. The predicted octanol–water partition coefficient (Wildman–Crippen LogP) is 3.83. The van der Waals surface area contributed by atoms with Crippen LogP contribution >= 0.6 is 0 Å². The van der Waals surface area contributed by atoms with E-state index >= 15 is 0 Å². The molecule has 30 heavy (non-hydrogen) atoms. The van der Waals surface area contributed by atoms with Crippen LogP contribution in [-0.4, -0.2) is 35.8 Å². The summed E-state index contributed by atoms with van der Waals surface area (Å²) in [5.74, 6) is 0.245. The minimum atomic E-state index is -0.472. The van der Waals surface area contributed by atoms with E-state index in [4.69, 9.17) is 0 Å². The molecular formula is C23H23FN6. The molecule has 6 nitrogen and oxygen atoms in total. The minimum absolute atomic E-state index is 0.176. The number of nitrogens with one attached hydrogen (secondary N) is 2. The fourth-order valence-electron chi connectivity index (χ4n) is 3.93. The molecule has 0 bridgehead atoms. The monoisotopic (exact) mass is 402 g/mol. The molecule has 2 N–H and O–H groups in total. The second-order valence-corrected chi connectivity index (χ2v) is 7.59.